The minimum Gasteiger partial charge on any atom is -0.371 e. The molecule has 2 heterocycles. The molecule has 0 saturated carbocycles. The largest absolute Gasteiger partial charge is 0.371 e. The summed E-state index contributed by atoms with van der Waals surface area (Å²) in [7, 11) is 0. The molecule has 172 valence electrons. The fourth-order valence-corrected chi connectivity index (χ4v) is 5.07. The van der Waals surface area contributed by atoms with E-state index in [-0.39, 0.29) is 23.7 Å². The first-order valence-electron chi connectivity index (χ1n) is 12.1. The van der Waals surface area contributed by atoms with Crippen molar-refractivity contribution in [1.82, 2.24) is 10.2 Å². The average molecular weight is 438 g/mol. The standard InChI is InChI=1S/C27H36FN3O/c1-20-5-3-16-31(17-20)26-13-9-23(10-14-26)21(2)29-27(32)24-6-4-15-30(19-24)18-22-7-11-25(28)12-8-22/h7-14,20-21,24H,3-6,15-19H2,1-2H3,(H,29,32)/t20-,21-,24-/m1/s1. The SMILES string of the molecule is C[C@@H]1CCCN(c2ccc([C@@H](C)NC(=O)[C@@H]3CCCN(Cc4ccc(F)cc4)C3)cc2)C1. The molecule has 4 nitrogen and oxygen atoms in total. The second-order valence-electron chi connectivity index (χ2n) is 9.72. The van der Waals surface area contributed by atoms with Crippen LogP contribution in [0.3, 0.4) is 0 Å². The van der Waals surface area contributed by atoms with Crippen molar-refractivity contribution in [3.63, 3.8) is 0 Å². The maximum absolute atomic E-state index is 13.2. The van der Waals surface area contributed by atoms with Crippen molar-refractivity contribution in [2.24, 2.45) is 11.8 Å². The van der Waals surface area contributed by atoms with Gasteiger partial charge in [0.15, 0.2) is 0 Å². The predicted molar refractivity (Wildman–Crippen MR) is 128 cm³/mol. The quantitative estimate of drug-likeness (QED) is 0.679. The van der Waals surface area contributed by atoms with E-state index in [4.69, 9.17) is 0 Å². The highest BCUT2D eigenvalue weighted by Gasteiger charge is 2.27. The summed E-state index contributed by atoms with van der Waals surface area (Å²) < 4.78 is 13.2. The summed E-state index contributed by atoms with van der Waals surface area (Å²) in [4.78, 5) is 17.8. The number of halogens is 1. The topological polar surface area (TPSA) is 35.6 Å². The molecule has 5 heteroatoms. The Morgan fingerprint density at radius 2 is 1.75 bits per heavy atom. The molecule has 2 saturated heterocycles. The molecule has 3 atom stereocenters. The first kappa shape index (κ1) is 22.8. The number of amides is 1. The van der Waals surface area contributed by atoms with Crippen LogP contribution in [-0.4, -0.2) is 37.0 Å². The molecule has 4 rings (SSSR count). The smallest absolute Gasteiger partial charge is 0.224 e. The molecule has 0 bridgehead atoms. The number of nitrogens with zero attached hydrogens (tertiary/aromatic N) is 2. The van der Waals surface area contributed by atoms with E-state index < -0.39 is 0 Å². The van der Waals surface area contributed by atoms with Crippen molar-refractivity contribution in [2.75, 3.05) is 31.1 Å². The molecule has 32 heavy (non-hydrogen) atoms. The maximum Gasteiger partial charge on any atom is 0.224 e. The van der Waals surface area contributed by atoms with Crippen LogP contribution in [0, 0.1) is 17.7 Å². The third kappa shape index (κ3) is 5.89. The Labute approximate surface area is 191 Å². The minimum atomic E-state index is -0.211. The van der Waals surface area contributed by atoms with Crippen molar-refractivity contribution in [3.8, 4) is 0 Å². The predicted octanol–water partition coefficient (Wildman–Crippen LogP) is 5.15. The van der Waals surface area contributed by atoms with Gasteiger partial charge in [0, 0.05) is 31.9 Å². The lowest BCUT2D eigenvalue weighted by molar-refractivity contribution is -0.127. The summed E-state index contributed by atoms with van der Waals surface area (Å²) in [5.41, 5.74) is 3.51. The molecule has 2 aliphatic rings. The molecule has 0 aromatic heterocycles. The number of piperidine rings is 2. The van der Waals surface area contributed by atoms with Crippen molar-refractivity contribution in [2.45, 2.75) is 52.1 Å². The van der Waals surface area contributed by atoms with Gasteiger partial charge in [-0.25, -0.2) is 4.39 Å². The molecule has 2 aliphatic heterocycles. The molecule has 0 radical (unpaired) electrons. The van der Waals surface area contributed by atoms with Crippen molar-refractivity contribution >= 4 is 11.6 Å². The number of hydrogen-bond acceptors (Lipinski definition) is 3. The Kier molecular flexibility index (Phi) is 7.46. The molecule has 0 aliphatic carbocycles. The van der Waals surface area contributed by atoms with E-state index >= 15 is 0 Å². The second kappa shape index (κ2) is 10.5. The van der Waals surface area contributed by atoms with Gasteiger partial charge in [0.1, 0.15) is 5.82 Å². The minimum absolute atomic E-state index is 0.000703. The van der Waals surface area contributed by atoms with Crippen LogP contribution in [-0.2, 0) is 11.3 Å². The van der Waals surface area contributed by atoms with E-state index in [1.807, 2.05) is 12.1 Å². The third-order valence-electron chi connectivity index (χ3n) is 6.97. The highest BCUT2D eigenvalue weighted by Crippen LogP contribution is 2.25. The maximum atomic E-state index is 13.2. The Bertz CT molecular complexity index is 883. The zero-order valence-corrected chi connectivity index (χ0v) is 19.4. The average Bonchev–Trinajstić information content (AvgIpc) is 2.81. The van der Waals surface area contributed by atoms with Crippen LogP contribution in [0.2, 0.25) is 0 Å². The van der Waals surface area contributed by atoms with Crippen LogP contribution in [0.4, 0.5) is 10.1 Å². The molecule has 2 fully saturated rings. The number of carbonyl (C=O) groups is 1. The first-order chi connectivity index (χ1) is 15.5. The summed E-state index contributed by atoms with van der Waals surface area (Å²) in [6, 6.07) is 15.4. The van der Waals surface area contributed by atoms with Gasteiger partial charge in [-0.3, -0.25) is 9.69 Å². The Morgan fingerprint density at radius 3 is 2.47 bits per heavy atom. The van der Waals surface area contributed by atoms with Crippen LogP contribution in [0.25, 0.3) is 0 Å². The molecule has 2 aromatic rings. The molecule has 0 unspecified atom stereocenters. The van der Waals surface area contributed by atoms with Gasteiger partial charge in [-0.15, -0.1) is 0 Å². The van der Waals surface area contributed by atoms with E-state index in [1.165, 1.54) is 30.7 Å². The summed E-state index contributed by atoms with van der Waals surface area (Å²) in [5, 5.41) is 3.24. The lowest BCUT2D eigenvalue weighted by atomic mass is 9.95. The summed E-state index contributed by atoms with van der Waals surface area (Å²) in [6.07, 6.45) is 4.51. The van der Waals surface area contributed by atoms with Gasteiger partial charge < -0.3 is 10.2 Å². The van der Waals surface area contributed by atoms with Gasteiger partial charge in [0.25, 0.3) is 0 Å². The summed E-state index contributed by atoms with van der Waals surface area (Å²) >= 11 is 0. The van der Waals surface area contributed by atoms with Gasteiger partial charge >= 0.3 is 0 Å². The monoisotopic (exact) mass is 437 g/mol. The van der Waals surface area contributed by atoms with Crippen LogP contribution >= 0.6 is 0 Å². The van der Waals surface area contributed by atoms with E-state index in [0.717, 1.165) is 62.6 Å². The highest BCUT2D eigenvalue weighted by atomic mass is 19.1. The van der Waals surface area contributed by atoms with Crippen LogP contribution in [0.1, 0.15) is 56.7 Å². The van der Waals surface area contributed by atoms with Gasteiger partial charge in [0.2, 0.25) is 5.91 Å². The second-order valence-corrected chi connectivity index (χ2v) is 9.72. The van der Waals surface area contributed by atoms with Crippen molar-refractivity contribution in [3.05, 3.63) is 65.5 Å². The molecular formula is C27H36FN3O. The first-order valence-corrected chi connectivity index (χ1v) is 12.1. The highest BCUT2D eigenvalue weighted by molar-refractivity contribution is 5.79. The summed E-state index contributed by atoms with van der Waals surface area (Å²) in [6.45, 7) is 9.14. The number of likely N-dealkylation sites (tertiary alicyclic amines) is 1. The van der Waals surface area contributed by atoms with Gasteiger partial charge in [-0.2, -0.15) is 0 Å². The number of hydrogen-bond donors (Lipinski definition) is 1. The fraction of sp³-hybridized carbons (Fsp3) is 0.519. The lowest BCUT2D eigenvalue weighted by Crippen LogP contribution is -2.43. The number of rotatable bonds is 6. The zero-order chi connectivity index (χ0) is 22.5. The Hall–Kier alpha value is -2.40. The third-order valence-corrected chi connectivity index (χ3v) is 6.97. The molecule has 1 N–H and O–H groups in total. The van der Waals surface area contributed by atoms with E-state index in [1.54, 1.807) is 0 Å². The fourth-order valence-electron chi connectivity index (χ4n) is 5.07. The van der Waals surface area contributed by atoms with Crippen LogP contribution in [0.5, 0.6) is 0 Å². The summed E-state index contributed by atoms with van der Waals surface area (Å²) in [5.74, 6) is 0.674. The molecule has 0 spiro atoms. The van der Waals surface area contributed by atoms with E-state index in [0.29, 0.717) is 0 Å². The normalized spacial score (nSPS) is 23.0. The molecule has 1 amide bonds. The van der Waals surface area contributed by atoms with E-state index in [9.17, 15) is 9.18 Å². The Balaban J connectivity index is 1.30. The molecule has 2 aromatic carbocycles. The van der Waals surface area contributed by atoms with Crippen LogP contribution in [0.15, 0.2) is 48.5 Å². The zero-order valence-electron chi connectivity index (χ0n) is 19.4. The molecular weight excluding hydrogens is 401 g/mol. The number of nitrogens with one attached hydrogen (secondary N) is 1. The lowest BCUT2D eigenvalue weighted by Gasteiger charge is -2.33. The van der Waals surface area contributed by atoms with Gasteiger partial charge in [0.05, 0.1) is 12.0 Å². The van der Waals surface area contributed by atoms with Crippen molar-refractivity contribution < 1.29 is 9.18 Å². The van der Waals surface area contributed by atoms with E-state index in [2.05, 4.69) is 53.2 Å². The van der Waals surface area contributed by atoms with Gasteiger partial charge in [-0.1, -0.05) is 31.2 Å². The van der Waals surface area contributed by atoms with Gasteiger partial charge in [-0.05, 0) is 80.5 Å². The number of anilines is 1. The van der Waals surface area contributed by atoms with Crippen molar-refractivity contribution in [1.29, 1.82) is 0 Å². The number of benzene rings is 2. The van der Waals surface area contributed by atoms with Crippen LogP contribution < -0.4 is 10.2 Å². The Morgan fingerprint density at radius 1 is 1.03 bits per heavy atom. The number of carbonyl (C=O) groups excluding carboxylic acids is 1.